The highest BCUT2D eigenvalue weighted by Crippen LogP contribution is 2.12. The van der Waals surface area contributed by atoms with E-state index in [1.807, 2.05) is 4.90 Å². The van der Waals surface area contributed by atoms with E-state index in [-0.39, 0.29) is 6.03 Å². The van der Waals surface area contributed by atoms with Crippen LogP contribution in [0.25, 0.3) is 0 Å². The maximum absolute atomic E-state index is 11.8. The molecule has 2 amide bonds. The average molecular weight is 240 g/mol. The SMILES string of the molecule is O=C(Nc1ccc(Cl)cn1)N1CCCCC1. The van der Waals surface area contributed by atoms with Gasteiger partial charge < -0.3 is 4.90 Å². The molecule has 1 fully saturated rings. The van der Waals surface area contributed by atoms with Crippen LogP contribution in [0.4, 0.5) is 10.6 Å². The summed E-state index contributed by atoms with van der Waals surface area (Å²) in [5.41, 5.74) is 0. The lowest BCUT2D eigenvalue weighted by atomic mass is 10.1. The molecule has 1 aromatic rings. The van der Waals surface area contributed by atoms with Crippen LogP contribution in [0, 0.1) is 0 Å². The molecule has 0 unspecified atom stereocenters. The number of urea groups is 1. The number of amides is 2. The molecule has 1 aliphatic heterocycles. The normalized spacial score (nSPS) is 15.9. The van der Waals surface area contributed by atoms with Crippen molar-refractivity contribution >= 4 is 23.4 Å². The number of aromatic nitrogens is 1. The molecular formula is C11H14ClN3O. The molecule has 0 saturated carbocycles. The number of carbonyl (C=O) groups excluding carboxylic acids is 1. The fourth-order valence-corrected chi connectivity index (χ4v) is 1.85. The summed E-state index contributed by atoms with van der Waals surface area (Å²) in [6, 6.07) is 3.33. The molecule has 0 spiro atoms. The van der Waals surface area contributed by atoms with E-state index in [1.165, 1.54) is 12.6 Å². The Kier molecular flexibility index (Phi) is 3.62. The Morgan fingerprint density at radius 2 is 2.06 bits per heavy atom. The molecule has 16 heavy (non-hydrogen) atoms. The molecule has 2 heterocycles. The second-order valence-corrected chi connectivity index (χ2v) is 4.28. The first-order chi connectivity index (χ1) is 7.75. The Morgan fingerprint density at radius 3 is 2.69 bits per heavy atom. The van der Waals surface area contributed by atoms with Crippen molar-refractivity contribution in [2.45, 2.75) is 19.3 Å². The number of pyridine rings is 1. The first kappa shape index (κ1) is 11.2. The van der Waals surface area contributed by atoms with Crippen LogP contribution in [0.3, 0.4) is 0 Å². The molecule has 0 bridgehead atoms. The molecule has 1 saturated heterocycles. The van der Waals surface area contributed by atoms with Crippen molar-refractivity contribution in [1.82, 2.24) is 9.88 Å². The third-order valence-corrected chi connectivity index (χ3v) is 2.83. The lowest BCUT2D eigenvalue weighted by molar-refractivity contribution is 0.200. The van der Waals surface area contributed by atoms with Crippen molar-refractivity contribution in [2.24, 2.45) is 0 Å². The number of hydrogen-bond acceptors (Lipinski definition) is 2. The number of halogens is 1. The summed E-state index contributed by atoms with van der Waals surface area (Å²) in [6.07, 6.45) is 4.90. The van der Waals surface area contributed by atoms with Crippen LogP contribution in [-0.4, -0.2) is 29.0 Å². The minimum absolute atomic E-state index is 0.0745. The van der Waals surface area contributed by atoms with Crippen LogP contribution in [0.5, 0.6) is 0 Å². The standard InChI is InChI=1S/C11H14ClN3O/c12-9-4-5-10(13-8-9)14-11(16)15-6-2-1-3-7-15/h4-5,8H,1-3,6-7H2,(H,13,14,16). The largest absolute Gasteiger partial charge is 0.325 e. The number of carbonyl (C=O) groups is 1. The Balaban J connectivity index is 1.93. The summed E-state index contributed by atoms with van der Waals surface area (Å²) in [7, 11) is 0. The summed E-state index contributed by atoms with van der Waals surface area (Å²) in [6.45, 7) is 1.67. The highest BCUT2D eigenvalue weighted by atomic mass is 35.5. The Hall–Kier alpha value is -1.29. The fraction of sp³-hybridized carbons (Fsp3) is 0.455. The second kappa shape index (κ2) is 5.16. The van der Waals surface area contributed by atoms with Gasteiger partial charge in [0.15, 0.2) is 0 Å². The minimum atomic E-state index is -0.0745. The predicted octanol–water partition coefficient (Wildman–Crippen LogP) is 2.75. The molecular weight excluding hydrogens is 226 g/mol. The number of nitrogens with zero attached hydrogens (tertiary/aromatic N) is 2. The molecule has 0 atom stereocenters. The third-order valence-electron chi connectivity index (χ3n) is 2.61. The van der Waals surface area contributed by atoms with Crippen molar-refractivity contribution in [3.05, 3.63) is 23.4 Å². The number of nitrogens with one attached hydrogen (secondary N) is 1. The van der Waals surface area contributed by atoms with E-state index in [2.05, 4.69) is 10.3 Å². The van der Waals surface area contributed by atoms with Crippen molar-refractivity contribution in [2.75, 3.05) is 18.4 Å². The lowest BCUT2D eigenvalue weighted by Crippen LogP contribution is -2.38. The van der Waals surface area contributed by atoms with Crippen LogP contribution in [0.1, 0.15) is 19.3 Å². The maximum atomic E-state index is 11.8. The van der Waals surface area contributed by atoms with Crippen LogP contribution < -0.4 is 5.32 Å². The van der Waals surface area contributed by atoms with Crippen LogP contribution >= 0.6 is 11.6 Å². The van der Waals surface area contributed by atoms with Gasteiger partial charge in [-0.1, -0.05) is 11.6 Å². The van der Waals surface area contributed by atoms with E-state index in [1.54, 1.807) is 12.1 Å². The summed E-state index contributed by atoms with van der Waals surface area (Å²) in [4.78, 5) is 17.6. The zero-order valence-corrected chi connectivity index (χ0v) is 9.70. The van der Waals surface area contributed by atoms with E-state index < -0.39 is 0 Å². The quantitative estimate of drug-likeness (QED) is 0.819. The molecule has 0 aromatic carbocycles. The number of anilines is 1. The maximum Gasteiger partial charge on any atom is 0.323 e. The molecule has 1 aromatic heterocycles. The molecule has 4 nitrogen and oxygen atoms in total. The van der Waals surface area contributed by atoms with Gasteiger partial charge in [0.1, 0.15) is 5.82 Å². The van der Waals surface area contributed by atoms with Gasteiger partial charge in [-0.3, -0.25) is 5.32 Å². The minimum Gasteiger partial charge on any atom is -0.325 e. The van der Waals surface area contributed by atoms with Gasteiger partial charge in [0, 0.05) is 19.3 Å². The molecule has 1 N–H and O–H groups in total. The van der Waals surface area contributed by atoms with Crippen molar-refractivity contribution < 1.29 is 4.79 Å². The molecule has 5 heteroatoms. The van der Waals surface area contributed by atoms with Crippen LogP contribution in [0.2, 0.25) is 5.02 Å². The van der Waals surface area contributed by atoms with Crippen LogP contribution in [-0.2, 0) is 0 Å². The van der Waals surface area contributed by atoms with Crippen molar-refractivity contribution in [1.29, 1.82) is 0 Å². The smallest absolute Gasteiger partial charge is 0.323 e. The molecule has 0 aliphatic carbocycles. The Bertz CT molecular complexity index is 360. The van der Waals surface area contributed by atoms with Gasteiger partial charge in [-0.15, -0.1) is 0 Å². The monoisotopic (exact) mass is 239 g/mol. The molecule has 1 aliphatic rings. The summed E-state index contributed by atoms with van der Waals surface area (Å²) < 4.78 is 0. The Morgan fingerprint density at radius 1 is 1.31 bits per heavy atom. The van der Waals surface area contributed by atoms with Gasteiger partial charge in [-0.05, 0) is 31.4 Å². The summed E-state index contributed by atoms with van der Waals surface area (Å²) >= 11 is 5.71. The van der Waals surface area contributed by atoms with E-state index in [0.717, 1.165) is 25.9 Å². The zero-order valence-electron chi connectivity index (χ0n) is 8.95. The molecule has 2 rings (SSSR count). The predicted molar refractivity (Wildman–Crippen MR) is 63.7 cm³/mol. The number of likely N-dealkylation sites (tertiary alicyclic amines) is 1. The number of rotatable bonds is 1. The van der Waals surface area contributed by atoms with Gasteiger partial charge >= 0.3 is 6.03 Å². The fourth-order valence-electron chi connectivity index (χ4n) is 1.74. The third kappa shape index (κ3) is 2.85. The van der Waals surface area contributed by atoms with E-state index >= 15 is 0 Å². The van der Waals surface area contributed by atoms with Crippen molar-refractivity contribution in [3.63, 3.8) is 0 Å². The van der Waals surface area contributed by atoms with E-state index in [4.69, 9.17) is 11.6 Å². The van der Waals surface area contributed by atoms with Gasteiger partial charge in [0.05, 0.1) is 5.02 Å². The van der Waals surface area contributed by atoms with Crippen molar-refractivity contribution in [3.8, 4) is 0 Å². The topological polar surface area (TPSA) is 45.2 Å². The summed E-state index contributed by atoms with van der Waals surface area (Å²) in [5.74, 6) is 0.542. The average Bonchev–Trinajstić information content (AvgIpc) is 2.33. The van der Waals surface area contributed by atoms with Gasteiger partial charge in [-0.2, -0.15) is 0 Å². The first-order valence-corrected chi connectivity index (χ1v) is 5.81. The van der Waals surface area contributed by atoms with Crippen LogP contribution in [0.15, 0.2) is 18.3 Å². The second-order valence-electron chi connectivity index (χ2n) is 3.84. The van der Waals surface area contributed by atoms with Gasteiger partial charge in [0.2, 0.25) is 0 Å². The lowest BCUT2D eigenvalue weighted by Gasteiger charge is -2.26. The number of hydrogen-bond donors (Lipinski definition) is 1. The Labute approximate surface area is 99.6 Å². The first-order valence-electron chi connectivity index (χ1n) is 5.43. The zero-order chi connectivity index (χ0) is 11.4. The van der Waals surface area contributed by atoms with E-state index in [0.29, 0.717) is 10.8 Å². The molecule has 86 valence electrons. The highest BCUT2D eigenvalue weighted by Gasteiger charge is 2.16. The van der Waals surface area contributed by atoms with Gasteiger partial charge in [-0.25, -0.2) is 9.78 Å². The highest BCUT2D eigenvalue weighted by molar-refractivity contribution is 6.30. The number of piperidine rings is 1. The molecule has 0 radical (unpaired) electrons. The van der Waals surface area contributed by atoms with Gasteiger partial charge in [0.25, 0.3) is 0 Å². The van der Waals surface area contributed by atoms with E-state index in [9.17, 15) is 4.79 Å². The summed E-state index contributed by atoms with van der Waals surface area (Å²) in [5, 5.41) is 3.32.